The zero-order chi connectivity index (χ0) is 25.6. The van der Waals surface area contributed by atoms with Crippen LogP contribution in [0.2, 0.25) is 0 Å². The zero-order valence-electron chi connectivity index (χ0n) is 19.4. The van der Waals surface area contributed by atoms with Crippen LogP contribution in [0.5, 0.6) is 0 Å². The van der Waals surface area contributed by atoms with Crippen LogP contribution in [0.25, 0.3) is 28.2 Å². The van der Waals surface area contributed by atoms with Gasteiger partial charge in [-0.2, -0.15) is 23.4 Å². The minimum atomic E-state index is -4.62. The summed E-state index contributed by atoms with van der Waals surface area (Å²) >= 11 is 0. The van der Waals surface area contributed by atoms with Gasteiger partial charge in [-0.3, -0.25) is 14.0 Å². The normalized spacial score (nSPS) is 11.7. The zero-order valence-corrected chi connectivity index (χ0v) is 19.4. The number of Topliss-reactive ketones (excluding diaryl/α,β-unsaturated/α-hetero) is 1. The lowest BCUT2D eigenvalue weighted by molar-refractivity contribution is -0.141. The molecule has 182 valence electrons. The van der Waals surface area contributed by atoms with Gasteiger partial charge < -0.3 is 5.32 Å². The van der Waals surface area contributed by atoms with Crippen molar-refractivity contribution in [3.05, 3.63) is 71.8 Å². The van der Waals surface area contributed by atoms with Crippen molar-refractivity contribution in [2.75, 3.05) is 5.32 Å². The molecular weight excluding hydrogens is 473 g/mol. The fourth-order valence-electron chi connectivity index (χ4n) is 3.78. The Morgan fingerprint density at radius 3 is 2.50 bits per heavy atom. The fourth-order valence-corrected chi connectivity index (χ4v) is 3.78. The maximum Gasteiger partial charge on any atom is 0.435 e. The number of anilines is 2. The molecule has 0 saturated carbocycles. The summed E-state index contributed by atoms with van der Waals surface area (Å²) in [7, 11) is 1.38. The highest BCUT2D eigenvalue weighted by atomic mass is 19.4. The first-order valence-corrected chi connectivity index (χ1v) is 10.8. The van der Waals surface area contributed by atoms with Crippen molar-refractivity contribution < 1.29 is 18.0 Å². The lowest BCUT2D eigenvalue weighted by atomic mass is 10.1. The van der Waals surface area contributed by atoms with Gasteiger partial charge in [0.15, 0.2) is 17.3 Å². The van der Waals surface area contributed by atoms with Gasteiger partial charge in [0, 0.05) is 18.3 Å². The second-order valence-electron chi connectivity index (χ2n) is 8.16. The van der Waals surface area contributed by atoms with Gasteiger partial charge in [0.05, 0.1) is 22.4 Å². The Bertz CT molecular complexity index is 1600. The summed E-state index contributed by atoms with van der Waals surface area (Å²) < 4.78 is 42.5. The van der Waals surface area contributed by atoms with E-state index in [1.807, 2.05) is 37.3 Å². The summed E-state index contributed by atoms with van der Waals surface area (Å²) in [4.78, 5) is 21.2. The van der Waals surface area contributed by atoms with Crippen LogP contribution in [-0.4, -0.2) is 40.3 Å². The van der Waals surface area contributed by atoms with E-state index in [4.69, 9.17) is 0 Å². The maximum absolute atomic E-state index is 13.2. The number of carbonyl (C=O) groups is 1. The number of benzene rings is 1. The number of ketones is 1. The molecule has 0 amide bonds. The van der Waals surface area contributed by atoms with Crippen LogP contribution in [0, 0.1) is 6.92 Å². The van der Waals surface area contributed by atoms with Gasteiger partial charge in [-0.15, -0.1) is 5.10 Å². The minimum absolute atomic E-state index is 0.0736. The number of alkyl halides is 3. The van der Waals surface area contributed by atoms with Crippen LogP contribution >= 0.6 is 0 Å². The summed E-state index contributed by atoms with van der Waals surface area (Å²) in [5, 5.41) is 14.8. The fraction of sp³-hybridized carbons (Fsp3) is 0.167. The molecule has 0 aliphatic carbocycles. The number of aromatic nitrogens is 7. The number of hydrogen-bond acceptors (Lipinski definition) is 7. The van der Waals surface area contributed by atoms with Gasteiger partial charge in [-0.05, 0) is 62.4 Å². The molecule has 0 fully saturated rings. The van der Waals surface area contributed by atoms with Gasteiger partial charge in [0.2, 0.25) is 0 Å². The van der Waals surface area contributed by atoms with Gasteiger partial charge in [0.25, 0.3) is 0 Å². The van der Waals surface area contributed by atoms with Crippen LogP contribution in [0.3, 0.4) is 0 Å². The number of imidazole rings is 1. The molecular formula is C24H19F3N8O. The first-order valence-electron chi connectivity index (χ1n) is 10.8. The Morgan fingerprint density at radius 1 is 1.03 bits per heavy atom. The highest BCUT2D eigenvalue weighted by molar-refractivity contribution is 5.99. The summed E-state index contributed by atoms with van der Waals surface area (Å²) in [6.07, 6.45) is -3.06. The van der Waals surface area contributed by atoms with Crippen LogP contribution < -0.4 is 5.32 Å². The first-order chi connectivity index (χ1) is 17.1. The summed E-state index contributed by atoms with van der Waals surface area (Å²) in [6.45, 7) is 3.18. The van der Waals surface area contributed by atoms with Crippen molar-refractivity contribution in [1.29, 1.82) is 0 Å². The molecule has 0 spiro atoms. The Hall–Kier alpha value is -4.61. The molecule has 4 aromatic heterocycles. The number of nitrogens with zero attached hydrogens (tertiary/aromatic N) is 7. The number of fused-ring (bicyclic) bond motifs is 1. The molecule has 0 saturated heterocycles. The van der Waals surface area contributed by atoms with E-state index in [2.05, 4.69) is 30.6 Å². The number of pyridine rings is 1. The van der Waals surface area contributed by atoms with E-state index in [0.29, 0.717) is 22.7 Å². The molecule has 5 rings (SSSR count). The average molecular weight is 492 g/mol. The van der Waals surface area contributed by atoms with Crippen molar-refractivity contribution in [2.45, 2.75) is 20.0 Å². The SMILES string of the molecule is CC(=O)c1ccc(-n2cnc3cc(Nc4ccc(C)nn4)ccc32)nc1-c1cc(C(F)(F)F)nn1C. The first kappa shape index (κ1) is 23.1. The van der Waals surface area contributed by atoms with E-state index in [1.165, 1.54) is 20.0 Å². The average Bonchev–Trinajstić information content (AvgIpc) is 3.43. The topological polar surface area (TPSA) is 103 Å². The molecule has 0 bridgehead atoms. The molecule has 0 atom stereocenters. The third-order valence-electron chi connectivity index (χ3n) is 5.54. The van der Waals surface area contributed by atoms with Gasteiger partial charge in [-0.1, -0.05) is 0 Å². The molecule has 5 aromatic rings. The monoisotopic (exact) mass is 492 g/mol. The Labute approximate surface area is 202 Å². The maximum atomic E-state index is 13.2. The van der Waals surface area contributed by atoms with Crippen LogP contribution in [0.1, 0.15) is 28.7 Å². The van der Waals surface area contributed by atoms with Crippen LogP contribution in [-0.2, 0) is 13.2 Å². The molecule has 0 aliphatic rings. The van der Waals surface area contributed by atoms with Crippen molar-refractivity contribution in [1.82, 2.24) is 34.5 Å². The molecule has 9 nitrogen and oxygen atoms in total. The molecule has 36 heavy (non-hydrogen) atoms. The van der Waals surface area contributed by atoms with Gasteiger partial charge >= 0.3 is 6.18 Å². The van der Waals surface area contributed by atoms with Crippen molar-refractivity contribution in [3.8, 4) is 17.2 Å². The van der Waals surface area contributed by atoms with E-state index in [0.717, 1.165) is 22.1 Å². The third kappa shape index (κ3) is 4.28. The lowest BCUT2D eigenvalue weighted by Crippen LogP contribution is -2.07. The number of aryl methyl sites for hydroxylation is 2. The van der Waals surface area contributed by atoms with E-state index in [-0.39, 0.29) is 22.7 Å². The number of carbonyl (C=O) groups excluding carboxylic acids is 1. The van der Waals surface area contributed by atoms with Gasteiger partial charge in [-0.25, -0.2) is 9.97 Å². The number of rotatable bonds is 5. The summed E-state index contributed by atoms with van der Waals surface area (Å²) in [6, 6.07) is 13.2. The van der Waals surface area contributed by atoms with Crippen molar-refractivity contribution in [2.24, 2.45) is 7.05 Å². The number of halogens is 3. The van der Waals surface area contributed by atoms with Crippen LogP contribution in [0.4, 0.5) is 24.7 Å². The Kier molecular flexibility index (Phi) is 5.50. The quantitative estimate of drug-likeness (QED) is 0.349. The van der Waals surface area contributed by atoms with E-state index in [9.17, 15) is 18.0 Å². The van der Waals surface area contributed by atoms with E-state index < -0.39 is 11.9 Å². The Balaban J connectivity index is 1.55. The van der Waals surface area contributed by atoms with Crippen LogP contribution in [0.15, 0.2) is 54.9 Å². The minimum Gasteiger partial charge on any atom is -0.339 e. The van der Waals surface area contributed by atoms with E-state index in [1.54, 1.807) is 17.0 Å². The van der Waals surface area contributed by atoms with E-state index >= 15 is 0 Å². The second-order valence-corrected chi connectivity index (χ2v) is 8.16. The highest BCUT2D eigenvalue weighted by Crippen LogP contribution is 2.33. The summed E-state index contributed by atoms with van der Waals surface area (Å²) in [5.41, 5.74) is 2.22. The Morgan fingerprint density at radius 2 is 1.83 bits per heavy atom. The second kappa shape index (κ2) is 8.56. The predicted octanol–water partition coefficient (Wildman–Crippen LogP) is 4.88. The predicted molar refractivity (Wildman–Crippen MR) is 126 cm³/mol. The van der Waals surface area contributed by atoms with Gasteiger partial charge in [0.1, 0.15) is 17.8 Å². The molecule has 12 heteroatoms. The summed E-state index contributed by atoms with van der Waals surface area (Å²) in [5.74, 6) is 0.640. The molecule has 0 aliphatic heterocycles. The largest absolute Gasteiger partial charge is 0.435 e. The van der Waals surface area contributed by atoms with Crippen molar-refractivity contribution >= 4 is 28.3 Å². The molecule has 1 N–H and O–H groups in total. The lowest BCUT2D eigenvalue weighted by Gasteiger charge is -2.11. The third-order valence-corrected chi connectivity index (χ3v) is 5.54. The molecule has 0 radical (unpaired) electrons. The highest BCUT2D eigenvalue weighted by Gasteiger charge is 2.35. The number of nitrogens with one attached hydrogen (secondary N) is 1. The molecule has 0 unspecified atom stereocenters. The molecule has 1 aromatic carbocycles. The van der Waals surface area contributed by atoms with Crippen molar-refractivity contribution in [3.63, 3.8) is 0 Å². The number of hydrogen-bond donors (Lipinski definition) is 1. The standard InChI is InChI=1S/C24H19F3N8O/c1-13-4-8-21(32-31-13)29-15-5-7-18-17(10-15)28-12-35(18)22-9-6-16(14(2)36)23(30-22)19-11-20(24(25,26)27)33-34(19)3/h4-12H,1-3H3,(H,29,32). The molecule has 4 heterocycles. The smallest absolute Gasteiger partial charge is 0.339 e.